The number of carbonyl (C=O) groups is 1. The Morgan fingerprint density at radius 2 is 2.11 bits per heavy atom. The summed E-state index contributed by atoms with van der Waals surface area (Å²) in [6.45, 7) is 1.34. The van der Waals surface area contributed by atoms with Gasteiger partial charge in [0, 0.05) is 13.0 Å². The van der Waals surface area contributed by atoms with Crippen molar-refractivity contribution in [1.29, 1.82) is 0 Å². The summed E-state index contributed by atoms with van der Waals surface area (Å²) in [5.74, 6) is 0.191. The van der Waals surface area contributed by atoms with Crippen molar-refractivity contribution in [2.24, 2.45) is 5.10 Å². The largest absolute Gasteiger partial charge is 0.292 e. The van der Waals surface area contributed by atoms with E-state index in [-0.39, 0.29) is 11.0 Å². The van der Waals surface area contributed by atoms with Crippen LogP contribution in [0.5, 0.6) is 0 Å². The van der Waals surface area contributed by atoms with Crippen molar-refractivity contribution in [2.45, 2.75) is 6.92 Å². The third kappa shape index (κ3) is 2.95. The lowest BCUT2D eigenvalue weighted by atomic mass is 10.2. The van der Waals surface area contributed by atoms with Crippen molar-refractivity contribution < 1.29 is 4.79 Å². The number of hydrogen-bond donors (Lipinski definition) is 2. The highest BCUT2D eigenvalue weighted by Gasteiger charge is 2.04. The average molecular weight is 263 g/mol. The molecule has 0 atom stereocenters. The quantitative estimate of drug-likeness (QED) is 0.657. The highest BCUT2D eigenvalue weighted by molar-refractivity contribution is 6.82. The second-order valence-corrected chi connectivity index (χ2v) is 3.96. The number of halogens is 1. The minimum Gasteiger partial charge on any atom is -0.292 e. The number of nitrogens with one attached hydrogen (secondary N) is 2. The van der Waals surface area contributed by atoms with Crippen molar-refractivity contribution in [3.63, 3.8) is 0 Å². The van der Waals surface area contributed by atoms with E-state index in [9.17, 15) is 4.79 Å². The summed E-state index contributed by atoms with van der Waals surface area (Å²) in [4.78, 5) is 10.9. The Bertz CT molecular complexity index is 577. The van der Waals surface area contributed by atoms with Crippen LogP contribution in [0.4, 0.5) is 5.82 Å². The third-order valence-corrected chi connectivity index (χ3v) is 2.57. The Hall–Kier alpha value is -2.14. The number of carbonyl (C=O) groups excluding carboxylic acids is 1. The first-order valence-electron chi connectivity index (χ1n) is 5.28. The number of anilines is 1. The van der Waals surface area contributed by atoms with Gasteiger partial charge in [0.15, 0.2) is 16.8 Å². The van der Waals surface area contributed by atoms with E-state index in [1.807, 2.05) is 30.3 Å². The Kier molecular flexibility index (Phi) is 3.74. The molecule has 1 aromatic carbocycles. The van der Waals surface area contributed by atoms with Crippen molar-refractivity contribution >= 4 is 28.4 Å². The lowest BCUT2D eigenvalue weighted by molar-refractivity contribution is -0.110. The molecule has 0 saturated heterocycles. The van der Waals surface area contributed by atoms with E-state index in [1.165, 1.54) is 6.92 Å². The first kappa shape index (κ1) is 12.3. The standard InChI is InChI=1S/C12H11ClN4O/c1-8(18)12(13)17-16-11-7-10(14-15-11)9-5-3-2-4-6-9/h2-7H,1H3,(H2,14,15,16). The molecule has 0 aliphatic rings. The van der Waals surface area contributed by atoms with Crippen molar-refractivity contribution in [2.75, 3.05) is 5.43 Å². The second kappa shape index (κ2) is 5.46. The van der Waals surface area contributed by atoms with Crippen molar-refractivity contribution in [3.05, 3.63) is 36.4 Å². The van der Waals surface area contributed by atoms with Crippen LogP contribution in [-0.4, -0.2) is 21.2 Å². The molecule has 5 nitrogen and oxygen atoms in total. The topological polar surface area (TPSA) is 70.1 Å². The van der Waals surface area contributed by atoms with E-state index in [4.69, 9.17) is 11.6 Å². The molecular weight excluding hydrogens is 252 g/mol. The van der Waals surface area contributed by atoms with Crippen LogP contribution in [0.1, 0.15) is 6.92 Å². The normalized spacial score (nSPS) is 11.3. The van der Waals surface area contributed by atoms with Gasteiger partial charge in [-0.2, -0.15) is 10.2 Å². The smallest absolute Gasteiger partial charge is 0.192 e. The molecule has 2 N–H and O–H groups in total. The summed E-state index contributed by atoms with van der Waals surface area (Å²) in [6, 6.07) is 11.5. The predicted molar refractivity (Wildman–Crippen MR) is 71.6 cm³/mol. The van der Waals surface area contributed by atoms with Gasteiger partial charge in [-0.1, -0.05) is 41.9 Å². The van der Waals surface area contributed by atoms with Gasteiger partial charge in [0.25, 0.3) is 0 Å². The number of ketones is 1. The molecule has 1 heterocycles. The summed E-state index contributed by atoms with van der Waals surface area (Å²) in [6.07, 6.45) is 0. The number of aromatic amines is 1. The Labute approximate surface area is 109 Å². The van der Waals surface area contributed by atoms with Crippen LogP contribution < -0.4 is 5.43 Å². The number of hydrogen-bond acceptors (Lipinski definition) is 4. The molecule has 6 heteroatoms. The molecule has 0 saturated carbocycles. The molecule has 0 aliphatic carbocycles. The van der Waals surface area contributed by atoms with Crippen LogP contribution in [0.25, 0.3) is 11.3 Å². The van der Waals surface area contributed by atoms with Crippen LogP contribution >= 0.6 is 11.6 Å². The predicted octanol–water partition coefficient (Wildman–Crippen LogP) is 2.63. The molecule has 0 aliphatic heterocycles. The summed E-state index contributed by atoms with van der Waals surface area (Å²) in [5.41, 5.74) is 4.48. The number of benzene rings is 1. The monoisotopic (exact) mass is 262 g/mol. The Balaban J connectivity index is 2.12. The van der Waals surface area contributed by atoms with E-state index in [0.717, 1.165) is 11.3 Å². The molecule has 18 heavy (non-hydrogen) atoms. The maximum absolute atomic E-state index is 10.9. The van der Waals surface area contributed by atoms with E-state index in [0.29, 0.717) is 5.82 Å². The molecule has 2 rings (SSSR count). The Morgan fingerprint density at radius 1 is 1.39 bits per heavy atom. The van der Waals surface area contributed by atoms with Gasteiger partial charge < -0.3 is 0 Å². The summed E-state index contributed by atoms with van der Waals surface area (Å²) >= 11 is 5.59. The van der Waals surface area contributed by atoms with Gasteiger partial charge in [-0.05, 0) is 5.56 Å². The third-order valence-electron chi connectivity index (χ3n) is 2.22. The summed E-state index contributed by atoms with van der Waals surface area (Å²) < 4.78 is 0. The van der Waals surface area contributed by atoms with Crippen LogP contribution in [-0.2, 0) is 4.79 Å². The SMILES string of the molecule is CC(=O)C(Cl)=NNc1cc(-c2ccccc2)[nH]n1. The number of hydrazone groups is 1. The number of H-pyrrole nitrogens is 1. The first-order valence-corrected chi connectivity index (χ1v) is 5.65. The zero-order valence-electron chi connectivity index (χ0n) is 9.64. The van der Waals surface area contributed by atoms with Gasteiger partial charge in [0.05, 0.1) is 5.69 Å². The molecule has 0 fully saturated rings. The molecule has 0 spiro atoms. The molecular formula is C12H11ClN4O. The Morgan fingerprint density at radius 3 is 2.78 bits per heavy atom. The fourth-order valence-corrected chi connectivity index (χ4v) is 1.37. The maximum atomic E-state index is 10.9. The van der Waals surface area contributed by atoms with E-state index < -0.39 is 0 Å². The number of nitrogens with zero attached hydrogens (tertiary/aromatic N) is 2. The molecule has 1 aromatic heterocycles. The highest BCUT2D eigenvalue weighted by Crippen LogP contribution is 2.18. The average Bonchev–Trinajstić information content (AvgIpc) is 2.85. The fraction of sp³-hybridized carbons (Fsp3) is 0.0833. The van der Waals surface area contributed by atoms with Gasteiger partial charge >= 0.3 is 0 Å². The van der Waals surface area contributed by atoms with Gasteiger partial charge in [-0.15, -0.1) is 0 Å². The van der Waals surface area contributed by atoms with Crippen LogP contribution in [0.15, 0.2) is 41.5 Å². The summed E-state index contributed by atoms with van der Waals surface area (Å²) in [7, 11) is 0. The molecule has 92 valence electrons. The number of rotatable bonds is 4. The summed E-state index contributed by atoms with van der Waals surface area (Å²) in [5, 5.41) is 10.5. The molecule has 2 aromatic rings. The first-order chi connectivity index (χ1) is 8.66. The van der Waals surface area contributed by atoms with Crippen LogP contribution in [0.3, 0.4) is 0 Å². The molecule has 0 unspecified atom stereocenters. The molecule has 0 amide bonds. The van der Waals surface area contributed by atoms with Gasteiger partial charge in [0.1, 0.15) is 0 Å². The van der Waals surface area contributed by atoms with E-state index in [2.05, 4.69) is 20.7 Å². The minimum absolute atomic E-state index is 0.112. The fourth-order valence-electron chi connectivity index (χ4n) is 1.33. The maximum Gasteiger partial charge on any atom is 0.192 e. The molecule has 0 radical (unpaired) electrons. The van der Waals surface area contributed by atoms with E-state index >= 15 is 0 Å². The van der Waals surface area contributed by atoms with Gasteiger partial charge in [0.2, 0.25) is 0 Å². The number of Topliss-reactive ketones (excluding diaryl/α,β-unsaturated/α-hetero) is 1. The zero-order valence-corrected chi connectivity index (χ0v) is 10.4. The van der Waals surface area contributed by atoms with Crippen molar-refractivity contribution in [1.82, 2.24) is 10.2 Å². The lowest BCUT2D eigenvalue weighted by Gasteiger charge is -1.94. The van der Waals surface area contributed by atoms with Crippen LogP contribution in [0.2, 0.25) is 0 Å². The van der Waals surface area contributed by atoms with E-state index in [1.54, 1.807) is 6.07 Å². The van der Waals surface area contributed by atoms with Crippen LogP contribution in [0, 0.1) is 0 Å². The lowest BCUT2D eigenvalue weighted by Crippen LogP contribution is -2.04. The minimum atomic E-state index is -0.303. The second-order valence-electron chi connectivity index (χ2n) is 3.60. The highest BCUT2D eigenvalue weighted by atomic mass is 35.5. The zero-order chi connectivity index (χ0) is 13.0. The van der Waals surface area contributed by atoms with Crippen molar-refractivity contribution in [3.8, 4) is 11.3 Å². The number of aromatic nitrogens is 2. The van der Waals surface area contributed by atoms with Gasteiger partial charge in [-0.25, -0.2) is 0 Å². The molecule has 0 bridgehead atoms. The van der Waals surface area contributed by atoms with Gasteiger partial charge in [-0.3, -0.25) is 15.3 Å².